The number of alkyl halides is 3. The Bertz CT molecular complexity index is 602. The molecule has 1 aromatic rings. The van der Waals surface area contributed by atoms with Crippen molar-refractivity contribution in [1.82, 2.24) is 0 Å². The molecule has 0 bridgehead atoms. The number of amides is 2. The third kappa shape index (κ3) is 2.25. The molecule has 0 spiro atoms. The predicted octanol–water partition coefficient (Wildman–Crippen LogP) is 2.83. The number of rotatable bonds is 1. The van der Waals surface area contributed by atoms with Crippen LogP contribution in [0.15, 0.2) is 29.8 Å². The fourth-order valence-corrected chi connectivity index (χ4v) is 1.84. The number of hydrogen-bond acceptors (Lipinski definition) is 2. The molecule has 0 atom stereocenters. The van der Waals surface area contributed by atoms with Crippen LogP contribution in [-0.2, 0) is 15.8 Å². The summed E-state index contributed by atoms with van der Waals surface area (Å²) in [5, 5.41) is 0. The first-order chi connectivity index (χ1) is 8.71. The first-order valence-corrected chi connectivity index (χ1v) is 5.46. The normalized spacial score (nSPS) is 16.1. The lowest BCUT2D eigenvalue weighted by atomic mass is 10.1. The number of carbonyl (C=O) groups is 2. The highest BCUT2D eigenvalue weighted by Gasteiger charge is 2.35. The van der Waals surface area contributed by atoms with Crippen LogP contribution in [0, 0.1) is 6.92 Å². The number of nitrogens with zero attached hydrogens (tertiary/aromatic N) is 1. The fourth-order valence-electron chi connectivity index (χ4n) is 1.84. The van der Waals surface area contributed by atoms with Gasteiger partial charge in [-0.2, -0.15) is 13.2 Å². The van der Waals surface area contributed by atoms with Crippen LogP contribution >= 0.6 is 0 Å². The Morgan fingerprint density at radius 3 is 2.21 bits per heavy atom. The van der Waals surface area contributed by atoms with Crippen molar-refractivity contribution in [1.29, 1.82) is 0 Å². The Labute approximate surface area is 107 Å². The Morgan fingerprint density at radius 1 is 1.11 bits per heavy atom. The maximum atomic E-state index is 12.7. The third-order valence-corrected chi connectivity index (χ3v) is 2.88. The number of halogens is 3. The highest BCUT2D eigenvalue weighted by molar-refractivity contribution is 6.30. The zero-order valence-corrected chi connectivity index (χ0v) is 10.2. The van der Waals surface area contributed by atoms with Crippen molar-refractivity contribution in [3.63, 3.8) is 0 Å². The summed E-state index contributed by atoms with van der Waals surface area (Å²) in [5.74, 6) is -1.21. The van der Waals surface area contributed by atoms with E-state index in [0.29, 0.717) is 5.56 Å². The van der Waals surface area contributed by atoms with Gasteiger partial charge in [-0.15, -0.1) is 0 Å². The highest BCUT2D eigenvalue weighted by atomic mass is 19.4. The second-order valence-electron chi connectivity index (χ2n) is 4.31. The van der Waals surface area contributed by atoms with Gasteiger partial charge in [-0.05, 0) is 31.5 Å². The van der Waals surface area contributed by atoms with Crippen LogP contribution < -0.4 is 4.90 Å². The molecule has 0 aliphatic carbocycles. The van der Waals surface area contributed by atoms with Crippen LogP contribution in [0.3, 0.4) is 0 Å². The van der Waals surface area contributed by atoms with Gasteiger partial charge in [-0.1, -0.05) is 6.07 Å². The van der Waals surface area contributed by atoms with Crippen LogP contribution in [0.4, 0.5) is 18.9 Å². The van der Waals surface area contributed by atoms with E-state index in [1.165, 1.54) is 13.0 Å². The van der Waals surface area contributed by atoms with Gasteiger partial charge in [0.05, 0.1) is 11.3 Å². The first kappa shape index (κ1) is 13.3. The molecule has 0 aromatic heterocycles. The monoisotopic (exact) mass is 269 g/mol. The molecule has 2 rings (SSSR count). The topological polar surface area (TPSA) is 37.4 Å². The number of carbonyl (C=O) groups excluding carboxylic acids is 2. The number of aryl methyl sites for hydroxylation is 1. The van der Waals surface area contributed by atoms with Crippen molar-refractivity contribution < 1.29 is 22.8 Å². The number of imide groups is 1. The molecule has 3 nitrogen and oxygen atoms in total. The summed E-state index contributed by atoms with van der Waals surface area (Å²) in [4.78, 5) is 24.2. The minimum absolute atomic E-state index is 0.0297. The van der Waals surface area contributed by atoms with Crippen molar-refractivity contribution in [2.24, 2.45) is 0 Å². The molecule has 0 radical (unpaired) electrons. The molecule has 0 fully saturated rings. The fraction of sp³-hybridized carbons (Fsp3) is 0.231. The van der Waals surface area contributed by atoms with Crippen molar-refractivity contribution in [2.75, 3.05) is 4.90 Å². The maximum absolute atomic E-state index is 12.7. The van der Waals surface area contributed by atoms with E-state index < -0.39 is 23.6 Å². The smallest absolute Gasteiger partial charge is 0.269 e. The van der Waals surface area contributed by atoms with Crippen LogP contribution in [0.5, 0.6) is 0 Å². The Hall–Kier alpha value is -2.11. The summed E-state index contributed by atoms with van der Waals surface area (Å²) < 4.78 is 38.0. The van der Waals surface area contributed by atoms with Crippen molar-refractivity contribution >= 4 is 17.5 Å². The molecule has 1 aromatic carbocycles. The quantitative estimate of drug-likeness (QED) is 0.735. The summed E-state index contributed by atoms with van der Waals surface area (Å²) >= 11 is 0. The van der Waals surface area contributed by atoms with E-state index in [1.807, 2.05) is 0 Å². The molecule has 100 valence electrons. The van der Waals surface area contributed by atoms with E-state index in [-0.39, 0.29) is 11.3 Å². The molecule has 1 aliphatic heterocycles. The molecule has 19 heavy (non-hydrogen) atoms. The lowest BCUT2D eigenvalue weighted by Crippen LogP contribution is -2.31. The molecular formula is C13H10F3NO2. The largest absolute Gasteiger partial charge is 0.416 e. The van der Waals surface area contributed by atoms with E-state index in [2.05, 4.69) is 0 Å². The second kappa shape index (κ2) is 4.22. The average molecular weight is 269 g/mol. The van der Waals surface area contributed by atoms with Crippen molar-refractivity contribution in [3.8, 4) is 0 Å². The number of benzene rings is 1. The average Bonchev–Trinajstić information content (AvgIpc) is 2.53. The third-order valence-electron chi connectivity index (χ3n) is 2.88. The van der Waals surface area contributed by atoms with E-state index in [4.69, 9.17) is 0 Å². The lowest BCUT2D eigenvalue weighted by Gasteiger charge is -2.19. The maximum Gasteiger partial charge on any atom is 0.416 e. The highest BCUT2D eigenvalue weighted by Crippen LogP contribution is 2.34. The van der Waals surface area contributed by atoms with E-state index in [9.17, 15) is 22.8 Å². The summed E-state index contributed by atoms with van der Waals surface area (Å²) in [6.45, 7) is 2.99. The van der Waals surface area contributed by atoms with E-state index >= 15 is 0 Å². The van der Waals surface area contributed by atoms with Crippen molar-refractivity contribution in [2.45, 2.75) is 20.0 Å². The van der Waals surface area contributed by atoms with Gasteiger partial charge in [-0.25, -0.2) is 4.90 Å². The standard InChI is InChI=1S/C13H10F3NO2/c1-7-3-4-9(13(14,15)16)6-10(7)17-11(18)5-8(2)12(17)19/h3-6H,1-2H3. The van der Waals surface area contributed by atoms with Crippen LogP contribution in [0.2, 0.25) is 0 Å². The molecule has 1 heterocycles. The van der Waals surface area contributed by atoms with Gasteiger partial charge in [0.25, 0.3) is 11.8 Å². The van der Waals surface area contributed by atoms with E-state index in [1.54, 1.807) is 6.92 Å². The van der Waals surface area contributed by atoms with Gasteiger partial charge in [0.2, 0.25) is 0 Å². The first-order valence-electron chi connectivity index (χ1n) is 5.46. The molecule has 0 N–H and O–H groups in total. The molecule has 2 amide bonds. The van der Waals surface area contributed by atoms with Gasteiger partial charge >= 0.3 is 6.18 Å². The molecular weight excluding hydrogens is 259 g/mol. The Kier molecular flexibility index (Phi) is 2.96. The van der Waals surface area contributed by atoms with Gasteiger partial charge in [0.1, 0.15) is 0 Å². The zero-order chi connectivity index (χ0) is 14.4. The van der Waals surface area contributed by atoms with Gasteiger partial charge in [0, 0.05) is 11.6 Å². The summed E-state index contributed by atoms with van der Waals surface area (Å²) in [7, 11) is 0. The van der Waals surface area contributed by atoms with Gasteiger partial charge < -0.3 is 0 Å². The Balaban J connectivity index is 2.52. The van der Waals surface area contributed by atoms with Crippen LogP contribution in [-0.4, -0.2) is 11.8 Å². The van der Waals surface area contributed by atoms with Gasteiger partial charge in [-0.3, -0.25) is 9.59 Å². The van der Waals surface area contributed by atoms with Crippen LogP contribution in [0.1, 0.15) is 18.1 Å². The summed E-state index contributed by atoms with van der Waals surface area (Å²) in [6.07, 6.45) is -3.40. The Morgan fingerprint density at radius 2 is 1.74 bits per heavy atom. The summed E-state index contributed by atoms with van der Waals surface area (Å²) in [5.41, 5.74) is -0.282. The zero-order valence-electron chi connectivity index (χ0n) is 10.2. The number of hydrogen-bond donors (Lipinski definition) is 0. The molecule has 1 aliphatic rings. The molecule has 6 heteroatoms. The minimum Gasteiger partial charge on any atom is -0.269 e. The molecule has 0 saturated heterocycles. The molecule has 0 unspecified atom stereocenters. The van der Waals surface area contributed by atoms with E-state index in [0.717, 1.165) is 23.1 Å². The number of anilines is 1. The minimum atomic E-state index is -4.52. The SMILES string of the molecule is CC1=CC(=O)N(c2cc(C(F)(F)F)ccc2C)C1=O. The predicted molar refractivity (Wildman–Crippen MR) is 62.4 cm³/mol. The summed E-state index contributed by atoms with van der Waals surface area (Å²) in [6, 6.07) is 2.98. The molecule has 0 saturated carbocycles. The van der Waals surface area contributed by atoms with Gasteiger partial charge in [0.15, 0.2) is 0 Å². The van der Waals surface area contributed by atoms with Crippen molar-refractivity contribution in [3.05, 3.63) is 41.0 Å². The van der Waals surface area contributed by atoms with Crippen LogP contribution in [0.25, 0.3) is 0 Å². The second-order valence-corrected chi connectivity index (χ2v) is 4.31. The lowest BCUT2D eigenvalue weighted by molar-refractivity contribution is -0.137.